The lowest BCUT2D eigenvalue weighted by Gasteiger charge is -2.14. The Morgan fingerprint density at radius 2 is 2.00 bits per heavy atom. The molecule has 17 heavy (non-hydrogen) atoms. The average Bonchev–Trinajstić information content (AvgIpc) is 2.26. The minimum atomic E-state index is -4.52. The molecule has 0 aromatic heterocycles. The Kier molecular flexibility index (Phi) is 3.77. The number of benzene rings is 1. The summed E-state index contributed by atoms with van der Waals surface area (Å²) < 4.78 is 42.0. The van der Waals surface area contributed by atoms with Crippen LogP contribution in [0.4, 0.5) is 13.2 Å². The molecule has 1 aromatic rings. The molecule has 1 rings (SSSR count). The molecule has 94 valence electrons. The maximum Gasteiger partial charge on any atom is 0.416 e. The van der Waals surface area contributed by atoms with E-state index in [9.17, 15) is 23.1 Å². The van der Waals surface area contributed by atoms with E-state index < -0.39 is 23.8 Å². The summed E-state index contributed by atoms with van der Waals surface area (Å²) in [6.07, 6.45) is -6.22. The smallest absolute Gasteiger partial charge is 0.416 e. The molecule has 0 radical (unpaired) electrons. The van der Waals surface area contributed by atoms with E-state index in [1.165, 1.54) is 19.1 Å². The largest absolute Gasteiger partial charge is 0.467 e. The molecule has 0 saturated heterocycles. The van der Waals surface area contributed by atoms with Crippen molar-refractivity contribution in [2.75, 3.05) is 7.11 Å². The Morgan fingerprint density at radius 3 is 2.47 bits per heavy atom. The molecule has 1 aromatic carbocycles. The highest BCUT2D eigenvalue weighted by atomic mass is 19.4. The third-order valence-electron chi connectivity index (χ3n) is 2.31. The van der Waals surface area contributed by atoms with Crippen LogP contribution >= 0.6 is 0 Å². The molecule has 1 atom stereocenters. The zero-order chi connectivity index (χ0) is 13.2. The Morgan fingerprint density at radius 1 is 1.41 bits per heavy atom. The minimum Gasteiger partial charge on any atom is -0.467 e. The van der Waals surface area contributed by atoms with Gasteiger partial charge in [-0.15, -0.1) is 0 Å². The first kappa shape index (κ1) is 13.5. The van der Waals surface area contributed by atoms with Gasteiger partial charge in [0.25, 0.3) is 0 Å². The molecule has 0 heterocycles. The van der Waals surface area contributed by atoms with Gasteiger partial charge in [-0.1, -0.05) is 12.1 Å². The van der Waals surface area contributed by atoms with Gasteiger partial charge in [0.2, 0.25) is 0 Å². The summed E-state index contributed by atoms with van der Waals surface area (Å²) in [5.41, 5.74) is -0.994. The van der Waals surface area contributed by atoms with E-state index in [0.29, 0.717) is 0 Å². The summed E-state index contributed by atoms with van der Waals surface area (Å²) in [6.45, 7) is 1.30. The summed E-state index contributed by atoms with van der Waals surface area (Å²) in [5.74, 6) is -0.998. The van der Waals surface area contributed by atoms with Gasteiger partial charge in [0.05, 0.1) is 12.7 Å². The minimum absolute atomic E-state index is 0.0262. The molecule has 0 saturated carbocycles. The first-order valence-corrected chi connectivity index (χ1v) is 4.71. The van der Waals surface area contributed by atoms with Gasteiger partial charge in [0.1, 0.15) is 0 Å². The lowest BCUT2D eigenvalue weighted by atomic mass is 10.0. The van der Waals surface area contributed by atoms with Crippen molar-refractivity contribution >= 4 is 5.97 Å². The van der Waals surface area contributed by atoms with Crippen molar-refractivity contribution in [3.05, 3.63) is 34.9 Å². The number of hydrogen-bond acceptors (Lipinski definition) is 3. The fourth-order valence-corrected chi connectivity index (χ4v) is 1.36. The molecule has 6 heteroatoms. The zero-order valence-corrected chi connectivity index (χ0v) is 9.21. The first-order valence-electron chi connectivity index (χ1n) is 4.71. The number of aryl methyl sites for hydroxylation is 1. The van der Waals surface area contributed by atoms with Gasteiger partial charge in [-0.05, 0) is 24.1 Å². The quantitative estimate of drug-likeness (QED) is 0.816. The molecule has 0 aliphatic carbocycles. The SMILES string of the molecule is COC(=O)C(O)c1ccc(C)c(C(F)(F)F)c1. The van der Waals surface area contributed by atoms with Crippen molar-refractivity contribution in [1.29, 1.82) is 0 Å². The van der Waals surface area contributed by atoms with Crippen molar-refractivity contribution in [1.82, 2.24) is 0 Å². The molecule has 3 nitrogen and oxygen atoms in total. The number of hydrogen-bond donors (Lipinski definition) is 1. The predicted octanol–water partition coefficient (Wildman–Crippen LogP) is 2.22. The van der Waals surface area contributed by atoms with Crippen LogP contribution in [0.25, 0.3) is 0 Å². The van der Waals surface area contributed by atoms with Gasteiger partial charge in [0, 0.05) is 0 Å². The summed E-state index contributed by atoms with van der Waals surface area (Å²) in [4.78, 5) is 11.0. The Labute approximate surface area is 95.8 Å². The van der Waals surface area contributed by atoms with Crippen molar-refractivity contribution in [3.8, 4) is 0 Å². The number of alkyl halides is 3. The van der Waals surface area contributed by atoms with Crippen molar-refractivity contribution in [3.63, 3.8) is 0 Å². The van der Waals surface area contributed by atoms with Crippen LogP contribution in [0.15, 0.2) is 18.2 Å². The molecule has 0 aliphatic heterocycles. The van der Waals surface area contributed by atoms with Gasteiger partial charge >= 0.3 is 12.1 Å². The standard InChI is InChI=1S/C11H11F3O3/c1-6-3-4-7(9(15)10(16)17-2)5-8(6)11(12,13)14/h3-5,9,15H,1-2H3. The monoisotopic (exact) mass is 248 g/mol. The molecular formula is C11H11F3O3. The number of methoxy groups -OCH3 is 1. The van der Waals surface area contributed by atoms with Crippen LogP contribution in [-0.2, 0) is 15.7 Å². The third kappa shape index (κ3) is 2.97. The molecule has 0 fully saturated rings. The first-order chi connectivity index (χ1) is 7.77. The van der Waals surface area contributed by atoms with Gasteiger partial charge in [-0.2, -0.15) is 13.2 Å². The fourth-order valence-electron chi connectivity index (χ4n) is 1.36. The summed E-state index contributed by atoms with van der Waals surface area (Å²) in [6, 6.07) is 3.20. The molecule has 1 N–H and O–H groups in total. The number of carbonyl (C=O) groups is 1. The molecule has 1 unspecified atom stereocenters. The van der Waals surface area contributed by atoms with Crippen LogP contribution in [0.1, 0.15) is 22.8 Å². The van der Waals surface area contributed by atoms with Crippen molar-refractivity contribution in [2.24, 2.45) is 0 Å². The second-order valence-electron chi connectivity index (χ2n) is 3.50. The normalized spacial score (nSPS) is 13.3. The Hall–Kier alpha value is -1.56. The van der Waals surface area contributed by atoms with Crippen LogP contribution in [0, 0.1) is 6.92 Å². The van der Waals surface area contributed by atoms with Crippen LogP contribution in [0.3, 0.4) is 0 Å². The lowest BCUT2D eigenvalue weighted by molar-refractivity contribution is -0.151. The Balaban J connectivity index is 3.17. The summed E-state index contributed by atoms with van der Waals surface area (Å²) >= 11 is 0. The number of aliphatic hydroxyl groups excluding tert-OH is 1. The van der Waals surface area contributed by atoms with E-state index >= 15 is 0 Å². The lowest BCUT2D eigenvalue weighted by Crippen LogP contribution is -2.15. The van der Waals surface area contributed by atoms with E-state index in [4.69, 9.17) is 0 Å². The maximum absolute atomic E-state index is 12.6. The second-order valence-corrected chi connectivity index (χ2v) is 3.50. The molecule has 0 amide bonds. The van der Waals surface area contributed by atoms with E-state index in [-0.39, 0.29) is 11.1 Å². The molecule has 0 spiro atoms. The van der Waals surface area contributed by atoms with Gasteiger partial charge in [-0.25, -0.2) is 4.79 Å². The number of carbonyl (C=O) groups excluding carboxylic acids is 1. The van der Waals surface area contributed by atoms with E-state index in [0.717, 1.165) is 13.2 Å². The number of halogens is 3. The number of esters is 1. The second kappa shape index (κ2) is 4.75. The highest BCUT2D eigenvalue weighted by Gasteiger charge is 2.33. The van der Waals surface area contributed by atoms with Gasteiger partial charge in [-0.3, -0.25) is 0 Å². The zero-order valence-electron chi connectivity index (χ0n) is 9.21. The van der Waals surface area contributed by atoms with Crippen LogP contribution < -0.4 is 0 Å². The molecular weight excluding hydrogens is 237 g/mol. The van der Waals surface area contributed by atoms with Crippen LogP contribution in [0.2, 0.25) is 0 Å². The van der Waals surface area contributed by atoms with Crippen LogP contribution in [0.5, 0.6) is 0 Å². The van der Waals surface area contributed by atoms with Gasteiger partial charge in [0.15, 0.2) is 6.10 Å². The predicted molar refractivity (Wildman–Crippen MR) is 53.2 cm³/mol. The third-order valence-corrected chi connectivity index (χ3v) is 2.31. The van der Waals surface area contributed by atoms with Crippen molar-refractivity contribution < 1.29 is 27.8 Å². The highest BCUT2D eigenvalue weighted by Crippen LogP contribution is 2.33. The summed E-state index contributed by atoms with van der Waals surface area (Å²) in [7, 11) is 1.05. The van der Waals surface area contributed by atoms with Crippen LogP contribution in [-0.4, -0.2) is 18.2 Å². The topological polar surface area (TPSA) is 46.5 Å². The van der Waals surface area contributed by atoms with E-state index in [1.54, 1.807) is 0 Å². The Bertz CT molecular complexity index is 426. The summed E-state index contributed by atoms with van der Waals surface area (Å²) in [5, 5.41) is 9.43. The maximum atomic E-state index is 12.6. The van der Waals surface area contributed by atoms with Crippen molar-refractivity contribution in [2.45, 2.75) is 19.2 Å². The number of ether oxygens (including phenoxy) is 1. The number of aliphatic hydroxyl groups is 1. The number of rotatable bonds is 2. The van der Waals surface area contributed by atoms with Gasteiger partial charge < -0.3 is 9.84 Å². The molecule has 0 aliphatic rings. The van der Waals surface area contributed by atoms with E-state index in [2.05, 4.69) is 4.74 Å². The highest BCUT2D eigenvalue weighted by molar-refractivity contribution is 5.76. The average molecular weight is 248 g/mol. The fraction of sp³-hybridized carbons (Fsp3) is 0.364. The van der Waals surface area contributed by atoms with E-state index in [1.807, 2.05) is 0 Å². The molecule has 0 bridgehead atoms.